The molecule has 2 rings (SSSR count). The van der Waals surface area contributed by atoms with Crippen molar-refractivity contribution in [2.24, 2.45) is 0 Å². The molecule has 0 saturated carbocycles. The minimum absolute atomic E-state index is 0.466. The van der Waals surface area contributed by atoms with Crippen LogP contribution < -0.4 is 5.32 Å². The lowest BCUT2D eigenvalue weighted by atomic mass is 10.0. The summed E-state index contributed by atoms with van der Waals surface area (Å²) in [4.78, 5) is 0. The molecule has 1 atom stereocenters. The number of aryl methyl sites for hydroxylation is 2. The van der Waals surface area contributed by atoms with Gasteiger partial charge in [-0.25, -0.2) is 0 Å². The van der Waals surface area contributed by atoms with Crippen molar-refractivity contribution in [1.82, 2.24) is 5.32 Å². The van der Waals surface area contributed by atoms with Crippen molar-refractivity contribution in [2.45, 2.75) is 44.9 Å². The van der Waals surface area contributed by atoms with Crippen LogP contribution in [0.2, 0.25) is 0 Å². The van der Waals surface area contributed by atoms with Gasteiger partial charge in [-0.1, -0.05) is 30.7 Å². The maximum atomic E-state index is 5.44. The average molecular weight is 293 g/mol. The van der Waals surface area contributed by atoms with Gasteiger partial charge in [0.25, 0.3) is 0 Å². The van der Waals surface area contributed by atoms with Crippen LogP contribution in [0, 0.1) is 13.8 Å². The first-order valence-electron chi connectivity index (χ1n) is 7.70. The highest BCUT2D eigenvalue weighted by atomic mass is 32.2. The Kier molecular flexibility index (Phi) is 6.40. The largest absolute Gasteiger partial charge is 0.381 e. The number of ether oxygens (including phenoxy) is 1. The Hall–Kier alpha value is -0.510. The first kappa shape index (κ1) is 15.9. The molecule has 0 radical (unpaired) electrons. The number of rotatable bonds is 6. The highest BCUT2D eigenvalue weighted by Crippen LogP contribution is 2.28. The van der Waals surface area contributed by atoms with E-state index in [1.165, 1.54) is 29.5 Å². The standard InChI is InChI=1S/C17H27NOS/c1-4-18-17(12-20-15-7-9-19-10-8-15)16-6-5-13(2)11-14(16)3/h5-6,11,15,17-18H,4,7-10,12H2,1-3H3. The van der Waals surface area contributed by atoms with Gasteiger partial charge in [0, 0.05) is 30.3 Å². The second-order valence-corrected chi connectivity index (χ2v) is 6.95. The lowest BCUT2D eigenvalue weighted by Gasteiger charge is -2.25. The lowest BCUT2D eigenvalue weighted by Crippen LogP contribution is -2.26. The minimum Gasteiger partial charge on any atom is -0.381 e. The molecule has 1 aliphatic heterocycles. The van der Waals surface area contributed by atoms with Crippen molar-refractivity contribution < 1.29 is 4.74 Å². The molecule has 1 aromatic rings. The summed E-state index contributed by atoms with van der Waals surface area (Å²) in [5.74, 6) is 1.16. The normalized spacial score (nSPS) is 18.1. The summed E-state index contributed by atoms with van der Waals surface area (Å²) in [6.45, 7) is 9.48. The number of hydrogen-bond acceptors (Lipinski definition) is 3. The monoisotopic (exact) mass is 293 g/mol. The average Bonchev–Trinajstić information content (AvgIpc) is 2.45. The number of benzene rings is 1. The van der Waals surface area contributed by atoms with Gasteiger partial charge >= 0.3 is 0 Å². The first-order valence-corrected chi connectivity index (χ1v) is 8.75. The number of nitrogens with one attached hydrogen (secondary N) is 1. The van der Waals surface area contributed by atoms with E-state index in [9.17, 15) is 0 Å². The van der Waals surface area contributed by atoms with Gasteiger partial charge in [0.2, 0.25) is 0 Å². The zero-order valence-electron chi connectivity index (χ0n) is 12.9. The van der Waals surface area contributed by atoms with Crippen LogP contribution in [0.15, 0.2) is 18.2 Å². The van der Waals surface area contributed by atoms with E-state index >= 15 is 0 Å². The molecule has 1 fully saturated rings. The van der Waals surface area contributed by atoms with Crippen molar-refractivity contribution in [2.75, 3.05) is 25.5 Å². The molecule has 0 amide bonds. The van der Waals surface area contributed by atoms with Crippen LogP contribution in [-0.4, -0.2) is 30.8 Å². The Morgan fingerprint density at radius 3 is 2.70 bits per heavy atom. The Morgan fingerprint density at radius 1 is 1.30 bits per heavy atom. The number of thioether (sulfide) groups is 1. The van der Waals surface area contributed by atoms with E-state index in [2.05, 4.69) is 56.0 Å². The van der Waals surface area contributed by atoms with Crippen LogP contribution in [0.4, 0.5) is 0 Å². The zero-order valence-corrected chi connectivity index (χ0v) is 13.8. The Bertz CT molecular complexity index is 415. The molecule has 2 nitrogen and oxygen atoms in total. The van der Waals surface area contributed by atoms with Crippen molar-refractivity contribution >= 4 is 11.8 Å². The van der Waals surface area contributed by atoms with Crippen molar-refractivity contribution in [1.29, 1.82) is 0 Å². The molecule has 1 heterocycles. The summed E-state index contributed by atoms with van der Waals surface area (Å²) in [5, 5.41) is 4.42. The van der Waals surface area contributed by atoms with Crippen molar-refractivity contribution in [3.05, 3.63) is 34.9 Å². The molecule has 20 heavy (non-hydrogen) atoms. The molecule has 1 unspecified atom stereocenters. The predicted molar refractivity (Wildman–Crippen MR) is 88.6 cm³/mol. The van der Waals surface area contributed by atoms with E-state index in [-0.39, 0.29) is 0 Å². The Balaban J connectivity index is 1.98. The maximum Gasteiger partial charge on any atom is 0.0476 e. The molecule has 0 bridgehead atoms. The summed E-state index contributed by atoms with van der Waals surface area (Å²) >= 11 is 2.11. The summed E-state index contributed by atoms with van der Waals surface area (Å²) in [7, 11) is 0. The van der Waals surface area contributed by atoms with E-state index in [0.717, 1.165) is 30.8 Å². The second-order valence-electron chi connectivity index (χ2n) is 5.62. The molecule has 1 saturated heterocycles. The zero-order chi connectivity index (χ0) is 14.4. The third-order valence-electron chi connectivity index (χ3n) is 3.92. The fourth-order valence-corrected chi connectivity index (χ4v) is 4.08. The molecular formula is C17H27NOS. The molecule has 0 aromatic heterocycles. The van der Waals surface area contributed by atoms with Crippen molar-refractivity contribution in [3.63, 3.8) is 0 Å². The molecule has 112 valence electrons. The van der Waals surface area contributed by atoms with Crippen LogP contribution in [0.5, 0.6) is 0 Å². The van der Waals surface area contributed by atoms with Gasteiger partial charge in [-0.05, 0) is 44.4 Å². The fraction of sp³-hybridized carbons (Fsp3) is 0.647. The van der Waals surface area contributed by atoms with Gasteiger partial charge < -0.3 is 10.1 Å². The van der Waals surface area contributed by atoms with Gasteiger partial charge in [-0.15, -0.1) is 0 Å². The molecule has 1 aliphatic rings. The lowest BCUT2D eigenvalue weighted by molar-refractivity contribution is 0.1000. The van der Waals surface area contributed by atoms with Crippen LogP contribution >= 0.6 is 11.8 Å². The highest BCUT2D eigenvalue weighted by Gasteiger charge is 2.18. The first-order chi connectivity index (χ1) is 9.70. The van der Waals surface area contributed by atoms with Gasteiger partial charge in [-0.2, -0.15) is 11.8 Å². The van der Waals surface area contributed by atoms with Gasteiger partial charge in [0.1, 0.15) is 0 Å². The fourth-order valence-electron chi connectivity index (χ4n) is 2.80. The molecule has 1 N–H and O–H groups in total. The Morgan fingerprint density at radius 2 is 2.05 bits per heavy atom. The molecule has 0 spiro atoms. The van der Waals surface area contributed by atoms with Crippen LogP contribution in [0.25, 0.3) is 0 Å². The van der Waals surface area contributed by atoms with Crippen LogP contribution in [-0.2, 0) is 4.74 Å². The van der Waals surface area contributed by atoms with E-state index in [0.29, 0.717) is 6.04 Å². The number of hydrogen-bond donors (Lipinski definition) is 1. The maximum absolute atomic E-state index is 5.44. The predicted octanol–water partition coefficient (Wildman–Crippen LogP) is 3.87. The topological polar surface area (TPSA) is 21.3 Å². The summed E-state index contributed by atoms with van der Waals surface area (Å²) in [6.07, 6.45) is 2.41. The molecule has 1 aromatic carbocycles. The third kappa shape index (κ3) is 4.51. The minimum atomic E-state index is 0.466. The van der Waals surface area contributed by atoms with Crippen LogP contribution in [0.3, 0.4) is 0 Å². The van der Waals surface area contributed by atoms with E-state index in [1.54, 1.807) is 0 Å². The quantitative estimate of drug-likeness (QED) is 0.860. The van der Waals surface area contributed by atoms with Gasteiger partial charge in [0.05, 0.1) is 0 Å². The van der Waals surface area contributed by atoms with Crippen LogP contribution in [0.1, 0.15) is 42.5 Å². The summed E-state index contributed by atoms with van der Waals surface area (Å²) in [5.41, 5.74) is 4.21. The van der Waals surface area contributed by atoms with E-state index < -0.39 is 0 Å². The molecule has 0 aliphatic carbocycles. The SMILES string of the molecule is CCNC(CSC1CCOCC1)c1ccc(C)cc1C. The molecule has 3 heteroatoms. The van der Waals surface area contributed by atoms with Gasteiger partial charge in [-0.3, -0.25) is 0 Å². The van der Waals surface area contributed by atoms with Gasteiger partial charge in [0.15, 0.2) is 0 Å². The summed E-state index contributed by atoms with van der Waals surface area (Å²) < 4.78 is 5.44. The smallest absolute Gasteiger partial charge is 0.0476 e. The van der Waals surface area contributed by atoms with E-state index in [4.69, 9.17) is 4.74 Å². The van der Waals surface area contributed by atoms with Crippen molar-refractivity contribution in [3.8, 4) is 0 Å². The van der Waals surface area contributed by atoms with E-state index in [1.807, 2.05) is 0 Å². The Labute approximate surface area is 127 Å². The third-order valence-corrected chi connectivity index (χ3v) is 5.39. The second kappa shape index (κ2) is 8.06. The highest BCUT2D eigenvalue weighted by molar-refractivity contribution is 7.99. The molecular weight excluding hydrogens is 266 g/mol. The summed E-state index contributed by atoms with van der Waals surface area (Å²) in [6, 6.07) is 7.28.